The van der Waals surface area contributed by atoms with Gasteiger partial charge in [0.1, 0.15) is 5.76 Å². The molecular weight excluding hydrogens is 306 g/mol. The van der Waals surface area contributed by atoms with Crippen molar-refractivity contribution >= 4 is 11.7 Å². The molecule has 0 aliphatic heterocycles. The molecule has 2 aromatic heterocycles. The number of hydrogen-bond acceptors (Lipinski definition) is 5. The molecule has 2 aromatic rings. The van der Waals surface area contributed by atoms with Crippen LogP contribution in [0.25, 0.3) is 0 Å². The lowest BCUT2D eigenvalue weighted by Gasteiger charge is -2.28. The van der Waals surface area contributed by atoms with Crippen LogP contribution in [-0.4, -0.2) is 26.9 Å². The molecule has 3 rings (SSSR count). The lowest BCUT2D eigenvalue weighted by atomic mass is 9.92. The summed E-state index contributed by atoms with van der Waals surface area (Å²) in [6.07, 6.45) is 5.84. The normalized spacial score (nSPS) is 18.2. The van der Waals surface area contributed by atoms with Crippen molar-refractivity contribution in [3.05, 3.63) is 29.3 Å². The molecule has 0 unspecified atom stereocenters. The van der Waals surface area contributed by atoms with E-state index in [1.807, 2.05) is 13.1 Å². The van der Waals surface area contributed by atoms with Gasteiger partial charge in [-0.2, -0.15) is 5.10 Å². The fourth-order valence-electron chi connectivity index (χ4n) is 3.32. The molecule has 7 nitrogen and oxygen atoms in total. The summed E-state index contributed by atoms with van der Waals surface area (Å²) < 4.78 is 7.05. The zero-order valence-electron chi connectivity index (χ0n) is 14.5. The van der Waals surface area contributed by atoms with Crippen molar-refractivity contribution < 1.29 is 9.32 Å². The highest BCUT2D eigenvalue weighted by Crippen LogP contribution is 2.30. The first-order valence-electron chi connectivity index (χ1n) is 8.67. The molecule has 0 aromatic carbocycles. The van der Waals surface area contributed by atoms with Crippen molar-refractivity contribution in [2.75, 3.05) is 5.32 Å². The van der Waals surface area contributed by atoms with Gasteiger partial charge in [-0.05, 0) is 39.5 Å². The van der Waals surface area contributed by atoms with Crippen LogP contribution in [0, 0.1) is 6.92 Å². The second kappa shape index (κ2) is 7.17. The first-order chi connectivity index (χ1) is 11.6. The molecule has 24 heavy (non-hydrogen) atoms. The predicted molar refractivity (Wildman–Crippen MR) is 90.7 cm³/mol. The molecule has 1 aliphatic carbocycles. The van der Waals surface area contributed by atoms with E-state index in [4.69, 9.17) is 4.52 Å². The summed E-state index contributed by atoms with van der Waals surface area (Å²) in [5.41, 5.74) is 2.52. The summed E-state index contributed by atoms with van der Waals surface area (Å²) in [5, 5.41) is 14.6. The summed E-state index contributed by atoms with van der Waals surface area (Å²) in [7, 11) is 0. The zero-order valence-corrected chi connectivity index (χ0v) is 14.5. The molecule has 2 N–H and O–H groups in total. The number of nitrogens with one attached hydrogen (secondary N) is 2. The number of nitrogens with zero attached hydrogens (tertiary/aromatic N) is 3. The van der Waals surface area contributed by atoms with Gasteiger partial charge in [0, 0.05) is 29.9 Å². The number of carbonyl (C=O) groups is 1. The van der Waals surface area contributed by atoms with Gasteiger partial charge in [-0.1, -0.05) is 12.1 Å². The molecule has 0 spiro atoms. The minimum Gasteiger partial charge on any atom is -0.360 e. The SMILES string of the molecule is CC[C@@H](N[C@@H]1CCCc2c1cnn2CC)C(=O)Nc1cc(C)on1. The second-order valence-corrected chi connectivity index (χ2v) is 6.25. The summed E-state index contributed by atoms with van der Waals surface area (Å²) in [4.78, 5) is 12.5. The van der Waals surface area contributed by atoms with Crippen LogP contribution in [0.4, 0.5) is 5.82 Å². The molecule has 130 valence electrons. The average molecular weight is 331 g/mol. The Kier molecular flexibility index (Phi) is 4.99. The maximum absolute atomic E-state index is 12.5. The van der Waals surface area contributed by atoms with Crippen LogP contribution in [0.15, 0.2) is 16.8 Å². The van der Waals surface area contributed by atoms with Crippen molar-refractivity contribution in [3.63, 3.8) is 0 Å². The van der Waals surface area contributed by atoms with E-state index in [1.165, 1.54) is 11.3 Å². The highest BCUT2D eigenvalue weighted by Gasteiger charge is 2.28. The maximum Gasteiger partial charge on any atom is 0.242 e. The molecule has 0 fully saturated rings. The van der Waals surface area contributed by atoms with Gasteiger partial charge in [-0.3, -0.25) is 14.8 Å². The predicted octanol–water partition coefficient (Wildman–Crippen LogP) is 2.58. The molecule has 1 aliphatic rings. The summed E-state index contributed by atoms with van der Waals surface area (Å²) in [6, 6.07) is 1.61. The third-order valence-electron chi connectivity index (χ3n) is 4.57. The van der Waals surface area contributed by atoms with Crippen LogP contribution in [0.2, 0.25) is 0 Å². The molecule has 0 saturated heterocycles. The van der Waals surface area contributed by atoms with Gasteiger partial charge in [0.05, 0.1) is 12.2 Å². The Morgan fingerprint density at radius 1 is 1.50 bits per heavy atom. The Morgan fingerprint density at radius 3 is 3.00 bits per heavy atom. The van der Waals surface area contributed by atoms with Crippen molar-refractivity contribution in [2.24, 2.45) is 0 Å². The number of rotatable bonds is 6. The average Bonchev–Trinajstić information content (AvgIpc) is 3.18. The van der Waals surface area contributed by atoms with Crippen LogP contribution in [0.5, 0.6) is 0 Å². The number of aryl methyl sites for hydroxylation is 2. The number of hydrogen-bond donors (Lipinski definition) is 2. The molecule has 7 heteroatoms. The Hall–Kier alpha value is -2.15. The first-order valence-corrected chi connectivity index (χ1v) is 8.67. The number of amides is 1. The quantitative estimate of drug-likeness (QED) is 0.850. The summed E-state index contributed by atoms with van der Waals surface area (Å²) >= 11 is 0. The van der Waals surface area contributed by atoms with E-state index >= 15 is 0 Å². The number of anilines is 1. The van der Waals surface area contributed by atoms with Gasteiger partial charge < -0.3 is 9.84 Å². The standard InChI is InChI=1S/C17H25N5O2/c1-4-13(17(23)20-16-9-11(3)24-21-16)19-14-7-6-8-15-12(14)10-18-22(15)5-2/h9-10,13-14,19H,4-8H2,1-3H3,(H,20,21,23)/t13-,14-/m1/s1. The van der Waals surface area contributed by atoms with Crippen LogP contribution in [-0.2, 0) is 17.8 Å². The van der Waals surface area contributed by atoms with Crippen LogP contribution < -0.4 is 10.6 Å². The molecule has 1 amide bonds. The van der Waals surface area contributed by atoms with Crippen LogP contribution in [0.3, 0.4) is 0 Å². The number of carbonyl (C=O) groups excluding carboxylic acids is 1. The molecular formula is C17H25N5O2. The maximum atomic E-state index is 12.5. The monoisotopic (exact) mass is 331 g/mol. The van der Waals surface area contributed by atoms with E-state index in [9.17, 15) is 4.79 Å². The molecule has 0 bridgehead atoms. The fourth-order valence-corrected chi connectivity index (χ4v) is 3.32. The number of fused-ring (bicyclic) bond motifs is 1. The van der Waals surface area contributed by atoms with Gasteiger partial charge in [-0.25, -0.2) is 0 Å². The second-order valence-electron chi connectivity index (χ2n) is 6.25. The zero-order chi connectivity index (χ0) is 17.1. The van der Waals surface area contributed by atoms with E-state index in [0.717, 1.165) is 25.8 Å². The Labute approximate surface area is 141 Å². The van der Waals surface area contributed by atoms with Crippen LogP contribution >= 0.6 is 0 Å². The van der Waals surface area contributed by atoms with Crippen molar-refractivity contribution in [3.8, 4) is 0 Å². The molecule has 2 heterocycles. The molecule has 2 atom stereocenters. The molecule has 0 radical (unpaired) electrons. The van der Waals surface area contributed by atoms with E-state index in [1.54, 1.807) is 13.0 Å². The third-order valence-corrected chi connectivity index (χ3v) is 4.57. The Morgan fingerprint density at radius 2 is 2.33 bits per heavy atom. The minimum atomic E-state index is -0.275. The summed E-state index contributed by atoms with van der Waals surface area (Å²) in [5.74, 6) is 1.05. The van der Waals surface area contributed by atoms with Gasteiger partial charge in [-0.15, -0.1) is 0 Å². The van der Waals surface area contributed by atoms with E-state index in [0.29, 0.717) is 18.0 Å². The van der Waals surface area contributed by atoms with Gasteiger partial charge in [0.25, 0.3) is 0 Å². The first kappa shape index (κ1) is 16.7. The van der Waals surface area contributed by atoms with Crippen molar-refractivity contribution in [1.29, 1.82) is 0 Å². The van der Waals surface area contributed by atoms with Gasteiger partial charge in [0.2, 0.25) is 5.91 Å². The highest BCUT2D eigenvalue weighted by molar-refractivity contribution is 5.94. The smallest absolute Gasteiger partial charge is 0.242 e. The lowest BCUT2D eigenvalue weighted by Crippen LogP contribution is -2.42. The topological polar surface area (TPSA) is 85.0 Å². The summed E-state index contributed by atoms with van der Waals surface area (Å²) in [6.45, 7) is 6.79. The Balaban J connectivity index is 1.69. The minimum absolute atomic E-state index is 0.0826. The fraction of sp³-hybridized carbons (Fsp3) is 0.588. The largest absolute Gasteiger partial charge is 0.360 e. The van der Waals surface area contributed by atoms with E-state index < -0.39 is 0 Å². The number of aromatic nitrogens is 3. The van der Waals surface area contributed by atoms with Crippen molar-refractivity contribution in [1.82, 2.24) is 20.3 Å². The van der Waals surface area contributed by atoms with E-state index in [-0.39, 0.29) is 18.0 Å². The van der Waals surface area contributed by atoms with Crippen LogP contribution in [0.1, 0.15) is 56.2 Å². The van der Waals surface area contributed by atoms with Gasteiger partial charge >= 0.3 is 0 Å². The Bertz CT molecular complexity index is 706. The highest BCUT2D eigenvalue weighted by atomic mass is 16.5. The molecule has 0 saturated carbocycles. The lowest BCUT2D eigenvalue weighted by molar-refractivity contribution is -0.118. The van der Waals surface area contributed by atoms with E-state index in [2.05, 4.69) is 32.5 Å². The third kappa shape index (κ3) is 3.36. The van der Waals surface area contributed by atoms with Crippen molar-refractivity contribution in [2.45, 2.75) is 65.1 Å². The van der Waals surface area contributed by atoms with Gasteiger partial charge in [0.15, 0.2) is 5.82 Å².